The molecule has 5 nitrogen and oxygen atoms in total. The van der Waals surface area contributed by atoms with E-state index >= 15 is 0 Å². The van der Waals surface area contributed by atoms with Crippen LogP contribution in [-0.4, -0.2) is 36.3 Å². The molecule has 1 aromatic rings. The fourth-order valence-corrected chi connectivity index (χ4v) is 2.83. The van der Waals surface area contributed by atoms with Crippen LogP contribution in [0.25, 0.3) is 0 Å². The van der Waals surface area contributed by atoms with Crippen LogP contribution in [0.1, 0.15) is 45.4 Å². The molecule has 0 amide bonds. The highest BCUT2D eigenvalue weighted by Gasteiger charge is 2.26. The van der Waals surface area contributed by atoms with Gasteiger partial charge in [-0.3, -0.25) is 0 Å². The third-order valence-corrected chi connectivity index (χ3v) is 4.09. The van der Waals surface area contributed by atoms with Gasteiger partial charge in [-0.25, -0.2) is 0 Å². The first-order valence-electron chi connectivity index (χ1n) is 7.51. The van der Waals surface area contributed by atoms with Crippen molar-refractivity contribution in [3.05, 3.63) is 5.89 Å². The summed E-state index contributed by atoms with van der Waals surface area (Å²) in [7, 11) is 1.98. The van der Waals surface area contributed by atoms with Crippen LogP contribution < -0.4 is 10.2 Å². The molecule has 1 fully saturated rings. The minimum Gasteiger partial charge on any atom is -0.342 e. The Labute approximate surface area is 115 Å². The van der Waals surface area contributed by atoms with Gasteiger partial charge < -0.3 is 14.7 Å². The Bertz CT molecular complexity index is 377. The Morgan fingerprint density at radius 3 is 2.84 bits per heavy atom. The number of aromatic nitrogens is 2. The number of nitrogens with one attached hydrogen (secondary N) is 1. The van der Waals surface area contributed by atoms with Gasteiger partial charge in [0.25, 0.3) is 5.95 Å². The lowest BCUT2D eigenvalue weighted by atomic mass is 9.82. The zero-order valence-electron chi connectivity index (χ0n) is 12.4. The largest absolute Gasteiger partial charge is 0.342 e. The van der Waals surface area contributed by atoms with E-state index < -0.39 is 0 Å². The highest BCUT2D eigenvalue weighted by Crippen LogP contribution is 2.27. The minimum atomic E-state index is 0.609. The molecular weight excluding hydrogens is 240 g/mol. The maximum Gasteiger partial charge on any atom is 0.265 e. The summed E-state index contributed by atoms with van der Waals surface area (Å²) in [5.74, 6) is 2.12. The summed E-state index contributed by atoms with van der Waals surface area (Å²) in [6.45, 7) is 6.18. The van der Waals surface area contributed by atoms with Crippen LogP contribution in [-0.2, 0) is 6.42 Å². The molecule has 2 atom stereocenters. The summed E-state index contributed by atoms with van der Waals surface area (Å²) >= 11 is 0. The second-order valence-corrected chi connectivity index (χ2v) is 5.42. The highest BCUT2D eigenvalue weighted by molar-refractivity contribution is 5.25. The van der Waals surface area contributed by atoms with Crippen molar-refractivity contribution in [1.29, 1.82) is 0 Å². The average Bonchev–Trinajstić information content (AvgIpc) is 2.89. The summed E-state index contributed by atoms with van der Waals surface area (Å²) in [6.07, 6.45) is 6.10. The maximum atomic E-state index is 5.39. The first kappa shape index (κ1) is 14.3. The first-order chi connectivity index (χ1) is 9.24. The van der Waals surface area contributed by atoms with Crippen molar-refractivity contribution in [2.24, 2.45) is 5.92 Å². The molecule has 1 heterocycles. The summed E-state index contributed by atoms with van der Waals surface area (Å²) in [5, 5.41) is 7.64. The lowest BCUT2D eigenvalue weighted by molar-refractivity contribution is 0.242. The molecule has 2 rings (SSSR count). The predicted molar refractivity (Wildman–Crippen MR) is 76.4 cm³/mol. The van der Waals surface area contributed by atoms with Gasteiger partial charge in [0, 0.05) is 26.1 Å². The van der Waals surface area contributed by atoms with Gasteiger partial charge in [0.05, 0.1) is 0 Å². The quantitative estimate of drug-likeness (QED) is 0.855. The van der Waals surface area contributed by atoms with E-state index in [9.17, 15) is 0 Å². The number of hydrogen-bond acceptors (Lipinski definition) is 5. The van der Waals surface area contributed by atoms with Crippen molar-refractivity contribution >= 4 is 5.95 Å². The third kappa shape index (κ3) is 3.69. The van der Waals surface area contributed by atoms with E-state index in [4.69, 9.17) is 4.52 Å². The standard InChI is InChI=1S/C14H26N4O/c1-4-15-12-9-7-6-8-11(12)10-13-16-14(17-19-13)18(3)5-2/h11-12,15H,4-10H2,1-3H3. The molecule has 108 valence electrons. The first-order valence-corrected chi connectivity index (χ1v) is 7.51. The van der Waals surface area contributed by atoms with E-state index in [1.807, 2.05) is 11.9 Å². The molecule has 1 aliphatic rings. The Balaban J connectivity index is 1.96. The van der Waals surface area contributed by atoms with Crippen molar-refractivity contribution in [3.63, 3.8) is 0 Å². The van der Waals surface area contributed by atoms with E-state index in [2.05, 4.69) is 29.3 Å². The van der Waals surface area contributed by atoms with Crippen molar-refractivity contribution in [2.45, 2.75) is 52.0 Å². The average molecular weight is 266 g/mol. The van der Waals surface area contributed by atoms with Gasteiger partial charge in [-0.1, -0.05) is 19.8 Å². The zero-order chi connectivity index (χ0) is 13.7. The summed E-state index contributed by atoms with van der Waals surface area (Å²) in [6, 6.07) is 0.609. The fourth-order valence-electron chi connectivity index (χ4n) is 2.83. The van der Waals surface area contributed by atoms with Crippen LogP contribution in [0.3, 0.4) is 0 Å². The lowest BCUT2D eigenvalue weighted by Crippen LogP contribution is -2.39. The predicted octanol–water partition coefficient (Wildman–Crippen LogP) is 2.24. The van der Waals surface area contributed by atoms with E-state index in [0.717, 1.165) is 25.4 Å². The normalized spacial score (nSPS) is 23.5. The van der Waals surface area contributed by atoms with Gasteiger partial charge in [-0.05, 0) is 37.4 Å². The SMILES string of the molecule is CCNC1CCCCC1Cc1nc(N(C)CC)no1. The molecule has 5 heteroatoms. The zero-order valence-corrected chi connectivity index (χ0v) is 12.4. The van der Waals surface area contributed by atoms with Gasteiger partial charge >= 0.3 is 0 Å². The van der Waals surface area contributed by atoms with Crippen molar-refractivity contribution in [2.75, 3.05) is 25.0 Å². The lowest BCUT2D eigenvalue weighted by Gasteiger charge is -2.31. The number of rotatable bonds is 6. The maximum absolute atomic E-state index is 5.39. The number of anilines is 1. The van der Waals surface area contributed by atoms with Gasteiger partial charge in [0.15, 0.2) is 0 Å². The Morgan fingerprint density at radius 2 is 2.11 bits per heavy atom. The fraction of sp³-hybridized carbons (Fsp3) is 0.857. The molecule has 0 saturated heterocycles. The Morgan fingerprint density at radius 1 is 1.32 bits per heavy atom. The van der Waals surface area contributed by atoms with Crippen LogP contribution in [0.5, 0.6) is 0 Å². The van der Waals surface area contributed by atoms with E-state index in [-0.39, 0.29) is 0 Å². The van der Waals surface area contributed by atoms with Gasteiger partial charge in [-0.2, -0.15) is 4.98 Å². The molecule has 0 spiro atoms. The topological polar surface area (TPSA) is 54.2 Å². The summed E-state index contributed by atoms with van der Waals surface area (Å²) in [4.78, 5) is 6.49. The van der Waals surface area contributed by atoms with Crippen molar-refractivity contribution < 1.29 is 4.52 Å². The monoisotopic (exact) mass is 266 g/mol. The Hall–Kier alpha value is -1.10. The second kappa shape index (κ2) is 6.89. The number of nitrogens with zero attached hydrogens (tertiary/aromatic N) is 3. The number of hydrogen-bond donors (Lipinski definition) is 1. The molecule has 1 aliphatic carbocycles. The van der Waals surface area contributed by atoms with E-state index in [1.54, 1.807) is 0 Å². The second-order valence-electron chi connectivity index (χ2n) is 5.42. The summed E-state index contributed by atoms with van der Waals surface area (Å²) in [5.41, 5.74) is 0. The van der Waals surface area contributed by atoms with Crippen LogP contribution in [0.15, 0.2) is 4.52 Å². The molecule has 1 N–H and O–H groups in total. The smallest absolute Gasteiger partial charge is 0.265 e. The van der Waals surface area contributed by atoms with Gasteiger partial charge in [0.1, 0.15) is 0 Å². The third-order valence-electron chi connectivity index (χ3n) is 4.09. The van der Waals surface area contributed by atoms with Crippen molar-refractivity contribution in [1.82, 2.24) is 15.5 Å². The highest BCUT2D eigenvalue weighted by atomic mass is 16.5. The van der Waals surface area contributed by atoms with Crippen LogP contribution in [0.2, 0.25) is 0 Å². The molecule has 1 saturated carbocycles. The van der Waals surface area contributed by atoms with Gasteiger partial charge in [0.2, 0.25) is 5.89 Å². The van der Waals surface area contributed by atoms with E-state index in [1.165, 1.54) is 25.7 Å². The van der Waals surface area contributed by atoms with Crippen LogP contribution >= 0.6 is 0 Å². The molecule has 0 bridgehead atoms. The van der Waals surface area contributed by atoms with E-state index in [0.29, 0.717) is 17.9 Å². The molecule has 0 aliphatic heterocycles. The van der Waals surface area contributed by atoms with Crippen molar-refractivity contribution in [3.8, 4) is 0 Å². The van der Waals surface area contributed by atoms with Crippen LogP contribution in [0.4, 0.5) is 5.95 Å². The Kier molecular flexibility index (Phi) is 5.19. The summed E-state index contributed by atoms with van der Waals surface area (Å²) < 4.78 is 5.39. The molecule has 0 radical (unpaired) electrons. The minimum absolute atomic E-state index is 0.609. The molecular formula is C14H26N4O. The molecule has 1 aromatic heterocycles. The molecule has 2 unspecified atom stereocenters. The van der Waals surface area contributed by atoms with Crippen LogP contribution in [0, 0.1) is 5.92 Å². The molecule has 19 heavy (non-hydrogen) atoms. The molecule has 0 aromatic carbocycles. The van der Waals surface area contributed by atoms with Gasteiger partial charge in [-0.15, -0.1) is 0 Å².